The van der Waals surface area contributed by atoms with Crippen LogP contribution >= 0.6 is 27.7 Å². The number of anilines is 1. The van der Waals surface area contributed by atoms with Crippen molar-refractivity contribution in [3.05, 3.63) is 28.7 Å². The first-order chi connectivity index (χ1) is 7.61. The molecule has 0 unspecified atom stereocenters. The minimum absolute atomic E-state index is 0.669. The third-order valence-electron chi connectivity index (χ3n) is 2.35. The number of hydrogen-bond donors (Lipinski definition) is 1. The van der Waals surface area contributed by atoms with Crippen molar-refractivity contribution >= 4 is 33.5 Å². The molecule has 1 aromatic heterocycles. The quantitative estimate of drug-likeness (QED) is 0.866. The average Bonchev–Trinajstić information content (AvgIpc) is 2.59. The standard InChI is InChI=1S/C11H12BrN3S/c1-15-11(13)6-9(14-15)8-5-7(12)3-4-10(8)16-2/h3-6H,13H2,1-2H3. The molecule has 0 bridgehead atoms. The van der Waals surface area contributed by atoms with Crippen molar-refractivity contribution in [2.24, 2.45) is 7.05 Å². The molecular weight excluding hydrogens is 286 g/mol. The lowest BCUT2D eigenvalue weighted by atomic mass is 10.1. The van der Waals surface area contributed by atoms with Crippen molar-refractivity contribution in [2.75, 3.05) is 12.0 Å². The van der Waals surface area contributed by atoms with E-state index in [0.29, 0.717) is 5.82 Å². The predicted molar refractivity (Wildman–Crippen MR) is 72.5 cm³/mol. The number of aryl methyl sites for hydroxylation is 1. The number of hydrogen-bond acceptors (Lipinski definition) is 3. The van der Waals surface area contributed by atoms with Gasteiger partial charge in [0.15, 0.2) is 0 Å². The second kappa shape index (κ2) is 4.51. The normalized spacial score (nSPS) is 10.7. The summed E-state index contributed by atoms with van der Waals surface area (Å²) in [5, 5.41) is 4.39. The van der Waals surface area contributed by atoms with Crippen molar-refractivity contribution in [3.8, 4) is 11.3 Å². The molecule has 2 aromatic rings. The minimum atomic E-state index is 0.669. The van der Waals surface area contributed by atoms with E-state index < -0.39 is 0 Å². The van der Waals surface area contributed by atoms with E-state index in [1.54, 1.807) is 16.4 Å². The van der Waals surface area contributed by atoms with E-state index in [4.69, 9.17) is 5.73 Å². The number of nitrogens with zero attached hydrogens (tertiary/aromatic N) is 2. The minimum Gasteiger partial charge on any atom is -0.384 e. The molecule has 16 heavy (non-hydrogen) atoms. The Morgan fingerprint density at radius 1 is 1.38 bits per heavy atom. The Bertz CT molecular complexity index is 502. The van der Waals surface area contributed by atoms with Crippen molar-refractivity contribution in [1.29, 1.82) is 0 Å². The van der Waals surface area contributed by atoms with Crippen LogP contribution in [0.15, 0.2) is 33.6 Å². The van der Waals surface area contributed by atoms with E-state index in [1.807, 2.05) is 19.2 Å². The summed E-state index contributed by atoms with van der Waals surface area (Å²) < 4.78 is 2.73. The number of thioether (sulfide) groups is 1. The lowest BCUT2D eigenvalue weighted by Gasteiger charge is -2.04. The fraction of sp³-hybridized carbons (Fsp3) is 0.182. The van der Waals surface area contributed by atoms with Gasteiger partial charge < -0.3 is 5.73 Å². The summed E-state index contributed by atoms with van der Waals surface area (Å²) in [6, 6.07) is 8.06. The average molecular weight is 298 g/mol. The van der Waals surface area contributed by atoms with Crippen molar-refractivity contribution in [2.45, 2.75) is 4.90 Å². The van der Waals surface area contributed by atoms with Gasteiger partial charge in [0.05, 0.1) is 5.69 Å². The largest absolute Gasteiger partial charge is 0.384 e. The summed E-state index contributed by atoms with van der Waals surface area (Å²) in [6.07, 6.45) is 2.05. The summed E-state index contributed by atoms with van der Waals surface area (Å²) in [4.78, 5) is 1.20. The summed E-state index contributed by atoms with van der Waals surface area (Å²) in [6.45, 7) is 0. The van der Waals surface area contributed by atoms with Gasteiger partial charge in [-0.2, -0.15) is 5.10 Å². The van der Waals surface area contributed by atoms with Crippen LogP contribution in [0.3, 0.4) is 0 Å². The summed E-state index contributed by atoms with van der Waals surface area (Å²) in [5.74, 6) is 0.669. The first-order valence-corrected chi connectivity index (χ1v) is 6.77. The molecule has 1 aromatic carbocycles. The third kappa shape index (κ3) is 2.10. The molecule has 0 radical (unpaired) electrons. The number of nitrogens with two attached hydrogens (primary N) is 1. The molecule has 0 atom stereocenters. The van der Waals surface area contributed by atoms with Crippen LogP contribution in [0.25, 0.3) is 11.3 Å². The summed E-state index contributed by atoms with van der Waals surface area (Å²) in [5.41, 5.74) is 7.80. The van der Waals surface area contributed by atoms with Crippen LogP contribution in [-0.2, 0) is 7.05 Å². The zero-order chi connectivity index (χ0) is 11.7. The maximum atomic E-state index is 5.79. The Morgan fingerprint density at radius 3 is 2.69 bits per heavy atom. The Kier molecular flexibility index (Phi) is 3.25. The first-order valence-electron chi connectivity index (χ1n) is 4.75. The van der Waals surface area contributed by atoms with Crippen molar-refractivity contribution < 1.29 is 0 Å². The Hall–Kier alpha value is -0.940. The first kappa shape index (κ1) is 11.5. The maximum Gasteiger partial charge on any atom is 0.121 e. The second-order valence-corrected chi connectivity index (χ2v) is 5.19. The van der Waals surface area contributed by atoms with Gasteiger partial charge >= 0.3 is 0 Å². The van der Waals surface area contributed by atoms with Gasteiger partial charge in [0, 0.05) is 28.0 Å². The van der Waals surface area contributed by atoms with Gasteiger partial charge in [-0.1, -0.05) is 15.9 Å². The van der Waals surface area contributed by atoms with E-state index in [1.165, 1.54) is 4.90 Å². The Morgan fingerprint density at radius 2 is 2.12 bits per heavy atom. The van der Waals surface area contributed by atoms with Gasteiger partial charge in [0.1, 0.15) is 5.82 Å². The number of rotatable bonds is 2. The molecule has 0 amide bonds. The SMILES string of the molecule is CSc1ccc(Br)cc1-c1cc(N)n(C)n1. The van der Waals surface area contributed by atoms with E-state index in [9.17, 15) is 0 Å². The molecule has 2 rings (SSSR count). The van der Waals surface area contributed by atoms with Gasteiger partial charge in [-0.15, -0.1) is 11.8 Å². The molecule has 2 N–H and O–H groups in total. The number of nitrogen functional groups attached to an aromatic ring is 1. The molecule has 84 valence electrons. The molecule has 3 nitrogen and oxygen atoms in total. The highest BCUT2D eigenvalue weighted by Crippen LogP contribution is 2.32. The third-order valence-corrected chi connectivity index (χ3v) is 3.64. The molecule has 0 aliphatic heterocycles. The Labute approximate surface area is 107 Å². The zero-order valence-electron chi connectivity index (χ0n) is 9.07. The molecule has 5 heteroatoms. The molecule has 0 saturated carbocycles. The maximum absolute atomic E-state index is 5.79. The lowest BCUT2D eigenvalue weighted by molar-refractivity contribution is 0.782. The fourth-order valence-corrected chi connectivity index (χ4v) is 2.44. The van der Waals surface area contributed by atoms with Crippen LogP contribution in [-0.4, -0.2) is 16.0 Å². The Balaban J connectivity index is 2.57. The molecule has 0 fully saturated rings. The number of aromatic nitrogens is 2. The van der Waals surface area contributed by atoms with Gasteiger partial charge in [0.25, 0.3) is 0 Å². The second-order valence-electron chi connectivity index (χ2n) is 3.42. The zero-order valence-corrected chi connectivity index (χ0v) is 11.5. The van der Waals surface area contributed by atoms with Crippen LogP contribution in [0.2, 0.25) is 0 Å². The topological polar surface area (TPSA) is 43.8 Å². The predicted octanol–water partition coefficient (Wildman–Crippen LogP) is 3.15. The van der Waals surface area contributed by atoms with E-state index in [0.717, 1.165) is 15.7 Å². The van der Waals surface area contributed by atoms with E-state index >= 15 is 0 Å². The van der Waals surface area contributed by atoms with Gasteiger partial charge in [-0.3, -0.25) is 4.68 Å². The smallest absolute Gasteiger partial charge is 0.121 e. The number of halogens is 1. The van der Waals surface area contributed by atoms with Crippen LogP contribution < -0.4 is 5.73 Å². The molecule has 0 aliphatic rings. The van der Waals surface area contributed by atoms with Crippen molar-refractivity contribution in [1.82, 2.24) is 9.78 Å². The highest BCUT2D eigenvalue weighted by Gasteiger charge is 2.09. The van der Waals surface area contributed by atoms with Crippen LogP contribution in [0.5, 0.6) is 0 Å². The summed E-state index contributed by atoms with van der Waals surface area (Å²) >= 11 is 5.18. The molecule has 0 aliphatic carbocycles. The summed E-state index contributed by atoms with van der Waals surface area (Å²) in [7, 11) is 1.84. The molecule has 1 heterocycles. The van der Waals surface area contributed by atoms with E-state index in [-0.39, 0.29) is 0 Å². The highest BCUT2D eigenvalue weighted by molar-refractivity contribution is 9.10. The monoisotopic (exact) mass is 297 g/mol. The van der Waals surface area contributed by atoms with E-state index in [2.05, 4.69) is 39.4 Å². The van der Waals surface area contributed by atoms with Crippen molar-refractivity contribution in [3.63, 3.8) is 0 Å². The molecular formula is C11H12BrN3S. The van der Waals surface area contributed by atoms with Gasteiger partial charge in [0.2, 0.25) is 0 Å². The fourth-order valence-electron chi connectivity index (χ4n) is 1.49. The van der Waals surface area contributed by atoms with Crippen LogP contribution in [0.1, 0.15) is 0 Å². The molecule has 0 spiro atoms. The van der Waals surface area contributed by atoms with Gasteiger partial charge in [-0.25, -0.2) is 0 Å². The number of benzene rings is 1. The lowest BCUT2D eigenvalue weighted by Crippen LogP contribution is -1.96. The van der Waals surface area contributed by atoms with Crippen LogP contribution in [0.4, 0.5) is 5.82 Å². The molecule has 0 saturated heterocycles. The highest BCUT2D eigenvalue weighted by atomic mass is 79.9. The van der Waals surface area contributed by atoms with Crippen LogP contribution in [0, 0.1) is 0 Å². The van der Waals surface area contributed by atoms with Gasteiger partial charge in [-0.05, 0) is 24.5 Å².